The molecule has 0 aliphatic carbocycles. The van der Waals surface area contributed by atoms with Gasteiger partial charge < -0.3 is 5.32 Å². The van der Waals surface area contributed by atoms with Crippen LogP contribution >= 0.6 is 27.5 Å². The van der Waals surface area contributed by atoms with Crippen molar-refractivity contribution in [2.75, 3.05) is 0 Å². The lowest BCUT2D eigenvalue weighted by atomic mass is 10.0. The van der Waals surface area contributed by atoms with Gasteiger partial charge in [0.25, 0.3) is 5.91 Å². The van der Waals surface area contributed by atoms with E-state index in [-0.39, 0.29) is 11.9 Å². The average Bonchev–Trinajstić information content (AvgIpc) is 2.32. The molecule has 0 aliphatic rings. The summed E-state index contributed by atoms with van der Waals surface area (Å²) >= 11 is 9.28. The number of benzene rings is 1. The Morgan fingerprint density at radius 1 is 1.44 bits per heavy atom. The molecule has 1 aromatic carbocycles. The molecule has 2 nitrogen and oxygen atoms in total. The molecule has 1 amide bonds. The molecule has 4 heteroatoms. The molecule has 0 saturated carbocycles. The minimum Gasteiger partial charge on any atom is -0.350 e. The Morgan fingerprint density at radius 2 is 2.11 bits per heavy atom. The van der Waals surface area contributed by atoms with Crippen LogP contribution in [-0.4, -0.2) is 11.9 Å². The maximum atomic E-state index is 12.0. The van der Waals surface area contributed by atoms with Gasteiger partial charge >= 0.3 is 0 Å². The monoisotopic (exact) mass is 331 g/mol. The molecule has 1 aromatic rings. The number of carbonyl (C=O) groups is 1. The van der Waals surface area contributed by atoms with Gasteiger partial charge in [0, 0.05) is 16.1 Å². The Hall–Kier alpha value is -0.540. The SMILES string of the molecule is CCC(C)CC(C)NC(=O)c1ccc(Br)c(Cl)c1. The normalized spacial score (nSPS) is 14.1. The van der Waals surface area contributed by atoms with E-state index in [4.69, 9.17) is 11.6 Å². The number of halogens is 2. The van der Waals surface area contributed by atoms with Crippen LogP contribution in [-0.2, 0) is 0 Å². The third-order valence-electron chi connectivity index (χ3n) is 3.01. The first-order valence-electron chi connectivity index (χ1n) is 6.20. The van der Waals surface area contributed by atoms with E-state index in [1.165, 1.54) is 0 Å². The quantitative estimate of drug-likeness (QED) is 0.835. The van der Waals surface area contributed by atoms with Crippen molar-refractivity contribution >= 4 is 33.4 Å². The van der Waals surface area contributed by atoms with Crippen molar-refractivity contribution in [3.63, 3.8) is 0 Å². The fourth-order valence-electron chi connectivity index (χ4n) is 1.77. The summed E-state index contributed by atoms with van der Waals surface area (Å²) in [5.74, 6) is 0.550. The van der Waals surface area contributed by atoms with Gasteiger partial charge in [-0.25, -0.2) is 0 Å². The van der Waals surface area contributed by atoms with E-state index >= 15 is 0 Å². The number of rotatable bonds is 5. The van der Waals surface area contributed by atoms with E-state index in [1.54, 1.807) is 18.2 Å². The summed E-state index contributed by atoms with van der Waals surface area (Å²) in [5.41, 5.74) is 0.596. The van der Waals surface area contributed by atoms with E-state index in [0.717, 1.165) is 17.3 Å². The summed E-state index contributed by atoms with van der Waals surface area (Å²) in [7, 11) is 0. The number of hydrogen-bond acceptors (Lipinski definition) is 1. The van der Waals surface area contributed by atoms with Gasteiger partial charge in [-0.1, -0.05) is 31.9 Å². The summed E-state index contributed by atoms with van der Waals surface area (Å²) in [6.45, 7) is 6.39. The van der Waals surface area contributed by atoms with Gasteiger partial charge in [-0.3, -0.25) is 4.79 Å². The molecular formula is C14H19BrClNO. The second kappa shape index (κ2) is 7.15. The third kappa shape index (κ3) is 4.62. The number of hydrogen-bond donors (Lipinski definition) is 1. The summed E-state index contributed by atoms with van der Waals surface area (Å²) in [6.07, 6.45) is 2.12. The maximum Gasteiger partial charge on any atom is 0.251 e. The lowest BCUT2D eigenvalue weighted by molar-refractivity contribution is 0.0935. The van der Waals surface area contributed by atoms with E-state index in [2.05, 4.69) is 35.1 Å². The molecule has 0 aromatic heterocycles. The third-order valence-corrected chi connectivity index (χ3v) is 4.24. The lowest BCUT2D eigenvalue weighted by Gasteiger charge is -2.17. The number of carbonyl (C=O) groups excluding carboxylic acids is 1. The van der Waals surface area contributed by atoms with Crippen molar-refractivity contribution in [2.24, 2.45) is 5.92 Å². The van der Waals surface area contributed by atoms with Crippen molar-refractivity contribution in [3.05, 3.63) is 33.3 Å². The first kappa shape index (κ1) is 15.5. The van der Waals surface area contributed by atoms with E-state index < -0.39 is 0 Å². The average molecular weight is 333 g/mol. The highest BCUT2D eigenvalue weighted by Gasteiger charge is 2.12. The van der Waals surface area contributed by atoms with E-state index in [0.29, 0.717) is 16.5 Å². The van der Waals surface area contributed by atoms with Crippen molar-refractivity contribution in [1.29, 1.82) is 0 Å². The van der Waals surface area contributed by atoms with Crippen LogP contribution < -0.4 is 5.32 Å². The molecule has 1 N–H and O–H groups in total. The zero-order valence-electron chi connectivity index (χ0n) is 11.0. The smallest absolute Gasteiger partial charge is 0.251 e. The largest absolute Gasteiger partial charge is 0.350 e. The van der Waals surface area contributed by atoms with Crippen LogP contribution in [0.5, 0.6) is 0 Å². The van der Waals surface area contributed by atoms with Crippen LogP contribution in [0.3, 0.4) is 0 Å². The van der Waals surface area contributed by atoms with Gasteiger partial charge in [-0.2, -0.15) is 0 Å². The molecule has 2 unspecified atom stereocenters. The minimum absolute atomic E-state index is 0.0693. The summed E-state index contributed by atoms with van der Waals surface area (Å²) in [5, 5.41) is 3.55. The van der Waals surface area contributed by atoms with Crippen LogP contribution in [0.25, 0.3) is 0 Å². The highest BCUT2D eigenvalue weighted by molar-refractivity contribution is 9.10. The van der Waals surface area contributed by atoms with Gasteiger partial charge in [-0.15, -0.1) is 0 Å². The summed E-state index contributed by atoms with van der Waals surface area (Å²) < 4.78 is 0.799. The molecule has 0 bridgehead atoms. The lowest BCUT2D eigenvalue weighted by Crippen LogP contribution is -2.33. The molecule has 0 aliphatic heterocycles. The van der Waals surface area contributed by atoms with Gasteiger partial charge in [0.15, 0.2) is 0 Å². The Bertz CT molecular complexity index is 422. The summed E-state index contributed by atoms with van der Waals surface area (Å²) in [6, 6.07) is 5.41. The minimum atomic E-state index is -0.0693. The van der Waals surface area contributed by atoms with Crippen LogP contribution in [0.1, 0.15) is 44.0 Å². The van der Waals surface area contributed by atoms with Crippen molar-refractivity contribution in [1.82, 2.24) is 5.32 Å². The number of amides is 1. The highest BCUT2D eigenvalue weighted by atomic mass is 79.9. The predicted octanol–water partition coefficient (Wildman–Crippen LogP) is 4.66. The molecule has 100 valence electrons. The van der Waals surface area contributed by atoms with Gasteiger partial charge in [-0.05, 0) is 53.4 Å². The molecule has 0 spiro atoms. The molecular weight excluding hydrogens is 314 g/mol. The zero-order chi connectivity index (χ0) is 13.7. The number of nitrogens with one attached hydrogen (secondary N) is 1. The Balaban J connectivity index is 2.62. The molecule has 1 rings (SSSR count). The van der Waals surface area contributed by atoms with E-state index in [1.807, 2.05) is 6.92 Å². The second-order valence-corrected chi connectivity index (χ2v) is 6.01. The van der Waals surface area contributed by atoms with Crippen LogP contribution in [0, 0.1) is 5.92 Å². The van der Waals surface area contributed by atoms with Crippen LogP contribution in [0.15, 0.2) is 22.7 Å². The van der Waals surface area contributed by atoms with Crippen LogP contribution in [0.2, 0.25) is 5.02 Å². The Labute approximate surface area is 122 Å². The fraction of sp³-hybridized carbons (Fsp3) is 0.500. The molecule has 0 heterocycles. The van der Waals surface area contributed by atoms with Gasteiger partial charge in [0.1, 0.15) is 0 Å². The Morgan fingerprint density at radius 3 is 2.67 bits per heavy atom. The van der Waals surface area contributed by atoms with Gasteiger partial charge in [0.05, 0.1) is 5.02 Å². The molecule has 0 radical (unpaired) electrons. The zero-order valence-corrected chi connectivity index (χ0v) is 13.3. The highest BCUT2D eigenvalue weighted by Crippen LogP contribution is 2.23. The molecule has 2 atom stereocenters. The maximum absolute atomic E-state index is 12.0. The standard InChI is InChI=1S/C14H19BrClNO/c1-4-9(2)7-10(3)17-14(18)11-5-6-12(15)13(16)8-11/h5-6,8-10H,4,7H2,1-3H3,(H,17,18). The fourth-order valence-corrected chi connectivity index (χ4v) is 2.20. The molecule has 0 saturated heterocycles. The molecule has 0 fully saturated rings. The van der Waals surface area contributed by atoms with E-state index in [9.17, 15) is 4.79 Å². The Kier molecular flexibility index (Phi) is 6.16. The second-order valence-electron chi connectivity index (χ2n) is 4.75. The molecule has 18 heavy (non-hydrogen) atoms. The first-order chi connectivity index (χ1) is 8.43. The van der Waals surface area contributed by atoms with Crippen LogP contribution in [0.4, 0.5) is 0 Å². The van der Waals surface area contributed by atoms with Crippen molar-refractivity contribution in [3.8, 4) is 0 Å². The van der Waals surface area contributed by atoms with Gasteiger partial charge in [0.2, 0.25) is 0 Å². The predicted molar refractivity (Wildman–Crippen MR) is 80.2 cm³/mol. The van der Waals surface area contributed by atoms with Crippen molar-refractivity contribution in [2.45, 2.75) is 39.7 Å². The van der Waals surface area contributed by atoms with Crippen molar-refractivity contribution < 1.29 is 4.79 Å². The summed E-state index contributed by atoms with van der Waals surface area (Å²) in [4.78, 5) is 12.0. The first-order valence-corrected chi connectivity index (χ1v) is 7.37. The topological polar surface area (TPSA) is 29.1 Å².